The molecule has 1 fully saturated rings. The Balaban J connectivity index is 0.00000144. The van der Waals surface area contributed by atoms with E-state index in [0.29, 0.717) is 5.75 Å². The van der Waals surface area contributed by atoms with E-state index in [4.69, 9.17) is 4.74 Å². The van der Waals surface area contributed by atoms with Crippen molar-refractivity contribution in [2.75, 3.05) is 13.7 Å². The van der Waals surface area contributed by atoms with E-state index in [1.165, 1.54) is 6.42 Å². The molecule has 96 valence electrons. The second kappa shape index (κ2) is 6.79. The fourth-order valence-corrected chi connectivity index (χ4v) is 2.17. The molecule has 0 spiro atoms. The summed E-state index contributed by atoms with van der Waals surface area (Å²) >= 11 is 0. The number of aliphatic hydroxyl groups is 1. The maximum atomic E-state index is 10.3. The summed E-state index contributed by atoms with van der Waals surface area (Å²) in [6.45, 7) is 0.976. The molecule has 1 aliphatic heterocycles. The number of piperidine rings is 1. The van der Waals surface area contributed by atoms with Gasteiger partial charge in [-0.25, -0.2) is 0 Å². The highest BCUT2D eigenvalue weighted by Crippen LogP contribution is 2.28. The van der Waals surface area contributed by atoms with Crippen LogP contribution in [0.15, 0.2) is 18.5 Å². The van der Waals surface area contributed by atoms with Gasteiger partial charge in [0.25, 0.3) is 0 Å². The number of nitrogens with one attached hydrogen (secondary N) is 1. The number of halogens is 1. The summed E-state index contributed by atoms with van der Waals surface area (Å²) in [7, 11) is 1.61. The Bertz CT molecular complexity index is 343. The number of hydrogen-bond acceptors (Lipinski definition) is 4. The van der Waals surface area contributed by atoms with Crippen LogP contribution >= 0.6 is 12.4 Å². The minimum absolute atomic E-state index is 0. The molecule has 1 aromatic heterocycles. The molecular formula is C12H19ClN2O2. The van der Waals surface area contributed by atoms with Gasteiger partial charge in [0.1, 0.15) is 5.75 Å². The number of rotatable bonds is 3. The summed E-state index contributed by atoms with van der Waals surface area (Å²) < 4.78 is 5.23. The van der Waals surface area contributed by atoms with Gasteiger partial charge in [0.2, 0.25) is 0 Å². The van der Waals surface area contributed by atoms with Gasteiger partial charge in [-0.05, 0) is 25.5 Å². The fourth-order valence-electron chi connectivity index (χ4n) is 2.17. The highest BCUT2D eigenvalue weighted by molar-refractivity contribution is 5.85. The lowest BCUT2D eigenvalue weighted by molar-refractivity contribution is 0.110. The van der Waals surface area contributed by atoms with Crippen LogP contribution in [0.25, 0.3) is 0 Å². The number of methoxy groups -OCH3 is 1. The third-order valence-corrected chi connectivity index (χ3v) is 3.08. The lowest BCUT2D eigenvalue weighted by Crippen LogP contribution is -2.38. The maximum absolute atomic E-state index is 10.3. The first kappa shape index (κ1) is 14.2. The van der Waals surface area contributed by atoms with E-state index in [1.807, 2.05) is 0 Å². The summed E-state index contributed by atoms with van der Waals surface area (Å²) in [4.78, 5) is 4.04. The van der Waals surface area contributed by atoms with Gasteiger partial charge in [-0.1, -0.05) is 6.42 Å². The Morgan fingerprint density at radius 3 is 3.00 bits per heavy atom. The van der Waals surface area contributed by atoms with Crippen molar-refractivity contribution in [1.29, 1.82) is 0 Å². The third-order valence-electron chi connectivity index (χ3n) is 3.08. The van der Waals surface area contributed by atoms with Gasteiger partial charge in [-0.2, -0.15) is 0 Å². The molecule has 0 bridgehead atoms. The van der Waals surface area contributed by atoms with Crippen LogP contribution in [-0.4, -0.2) is 29.8 Å². The molecule has 0 radical (unpaired) electrons. The predicted molar refractivity (Wildman–Crippen MR) is 68.6 cm³/mol. The number of nitrogens with zero attached hydrogens (tertiary/aromatic N) is 1. The average Bonchev–Trinajstić information content (AvgIpc) is 2.39. The summed E-state index contributed by atoms with van der Waals surface area (Å²) in [5.41, 5.74) is 0.768. The molecule has 4 nitrogen and oxygen atoms in total. The van der Waals surface area contributed by atoms with Gasteiger partial charge in [-0.15, -0.1) is 12.4 Å². The molecule has 5 heteroatoms. The van der Waals surface area contributed by atoms with Crippen LogP contribution in [-0.2, 0) is 0 Å². The second-order valence-electron chi connectivity index (χ2n) is 4.12. The van der Waals surface area contributed by atoms with Gasteiger partial charge in [-0.3, -0.25) is 4.98 Å². The normalized spacial score (nSPS) is 21.4. The third kappa shape index (κ3) is 3.31. The molecule has 0 aliphatic carbocycles. The van der Waals surface area contributed by atoms with Crippen LogP contribution in [0.5, 0.6) is 5.75 Å². The first-order valence-electron chi connectivity index (χ1n) is 5.72. The average molecular weight is 259 g/mol. The van der Waals surface area contributed by atoms with Crippen molar-refractivity contribution in [3.05, 3.63) is 24.0 Å². The number of aromatic nitrogens is 1. The fraction of sp³-hybridized carbons (Fsp3) is 0.583. The molecule has 2 rings (SSSR count). The first-order chi connectivity index (χ1) is 7.83. The van der Waals surface area contributed by atoms with Gasteiger partial charge < -0.3 is 15.2 Å². The zero-order valence-corrected chi connectivity index (χ0v) is 10.7. The van der Waals surface area contributed by atoms with Crippen molar-refractivity contribution in [3.8, 4) is 5.75 Å². The Hall–Kier alpha value is -0.840. The topological polar surface area (TPSA) is 54.4 Å². The van der Waals surface area contributed by atoms with Crippen molar-refractivity contribution < 1.29 is 9.84 Å². The van der Waals surface area contributed by atoms with E-state index in [-0.39, 0.29) is 18.4 Å². The minimum Gasteiger partial charge on any atom is -0.496 e. The number of ether oxygens (including phenoxy) is 1. The van der Waals surface area contributed by atoms with Crippen molar-refractivity contribution in [2.24, 2.45) is 0 Å². The number of hydrogen-bond donors (Lipinski definition) is 2. The lowest BCUT2D eigenvalue weighted by atomic mass is 9.95. The zero-order chi connectivity index (χ0) is 11.4. The van der Waals surface area contributed by atoms with E-state index in [0.717, 1.165) is 24.9 Å². The SMILES string of the molecule is COc1ccncc1C(O)[C@H]1CCCCN1.Cl. The standard InChI is InChI=1S/C12H18N2O2.ClH/c1-16-11-5-7-13-8-9(11)12(15)10-4-2-3-6-14-10;/h5,7-8,10,12,14-15H,2-4,6H2,1H3;1H/t10-,12?;/m1./s1. The second-order valence-corrected chi connectivity index (χ2v) is 4.12. The van der Waals surface area contributed by atoms with Crippen LogP contribution in [0.2, 0.25) is 0 Å². The lowest BCUT2D eigenvalue weighted by Gasteiger charge is -2.28. The molecule has 0 saturated carbocycles. The Labute approximate surface area is 108 Å². The van der Waals surface area contributed by atoms with Crippen LogP contribution in [0.4, 0.5) is 0 Å². The van der Waals surface area contributed by atoms with Gasteiger partial charge in [0.05, 0.1) is 13.2 Å². The molecule has 0 amide bonds. The smallest absolute Gasteiger partial charge is 0.127 e. The van der Waals surface area contributed by atoms with E-state index in [9.17, 15) is 5.11 Å². The summed E-state index contributed by atoms with van der Waals surface area (Å²) in [6.07, 6.45) is 6.16. The number of pyridine rings is 1. The van der Waals surface area contributed by atoms with Gasteiger partial charge in [0.15, 0.2) is 0 Å². The molecule has 2 atom stereocenters. The van der Waals surface area contributed by atoms with E-state index >= 15 is 0 Å². The number of aliphatic hydroxyl groups excluding tert-OH is 1. The van der Waals surface area contributed by atoms with E-state index < -0.39 is 6.10 Å². The molecule has 2 N–H and O–H groups in total. The molecule has 1 aliphatic rings. The summed E-state index contributed by atoms with van der Waals surface area (Å²) in [5.74, 6) is 0.704. The Kier molecular flexibility index (Phi) is 5.68. The van der Waals surface area contributed by atoms with E-state index in [2.05, 4.69) is 10.3 Å². The van der Waals surface area contributed by atoms with Crippen molar-refractivity contribution in [2.45, 2.75) is 31.4 Å². The van der Waals surface area contributed by atoms with Crippen LogP contribution in [0, 0.1) is 0 Å². The van der Waals surface area contributed by atoms with Crippen LogP contribution in [0.3, 0.4) is 0 Å². The minimum atomic E-state index is -0.538. The first-order valence-corrected chi connectivity index (χ1v) is 5.72. The highest BCUT2D eigenvalue weighted by Gasteiger charge is 2.25. The molecule has 1 unspecified atom stereocenters. The van der Waals surface area contributed by atoms with Crippen molar-refractivity contribution in [1.82, 2.24) is 10.3 Å². The molecule has 17 heavy (non-hydrogen) atoms. The summed E-state index contributed by atoms with van der Waals surface area (Å²) in [6, 6.07) is 1.90. The van der Waals surface area contributed by atoms with Crippen LogP contribution in [0.1, 0.15) is 30.9 Å². The van der Waals surface area contributed by atoms with Crippen molar-refractivity contribution in [3.63, 3.8) is 0 Å². The molecular weight excluding hydrogens is 240 g/mol. The Morgan fingerprint density at radius 2 is 2.35 bits per heavy atom. The van der Waals surface area contributed by atoms with Gasteiger partial charge >= 0.3 is 0 Å². The van der Waals surface area contributed by atoms with Crippen LogP contribution < -0.4 is 10.1 Å². The van der Waals surface area contributed by atoms with E-state index in [1.54, 1.807) is 25.6 Å². The zero-order valence-electron chi connectivity index (χ0n) is 9.93. The van der Waals surface area contributed by atoms with Crippen molar-refractivity contribution >= 4 is 12.4 Å². The molecule has 0 aromatic carbocycles. The van der Waals surface area contributed by atoms with Gasteiger partial charge in [0, 0.05) is 24.0 Å². The molecule has 1 aromatic rings. The molecule has 1 saturated heterocycles. The highest BCUT2D eigenvalue weighted by atomic mass is 35.5. The Morgan fingerprint density at radius 1 is 1.53 bits per heavy atom. The quantitative estimate of drug-likeness (QED) is 0.866. The summed E-state index contributed by atoms with van der Waals surface area (Å²) in [5, 5.41) is 13.6. The monoisotopic (exact) mass is 258 g/mol. The molecule has 2 heterocycles. The predicted octanol–water partition coefficient (Wildman–Crippen LogP) is 1.69. The maximum Gasteiger partial charge on any atom is 0.127 e. The largest absolute Gasteiger partial charge is 0.496 e.